The molecule has 1 N–H and O–H groups in total. The number of aromatic nitrogens is 5. The molecular formula is C16H15N7O. The molecular weight excluding hydrogens is 306 g/mol. The van der Waals surface area contributed by atoms with Crippen molar-refractivity contribution in [2.45, 2.75) is 0 Å². The molecule has 1 aliphatic heterocycles. The lowest BCUT2D eigenvalue weighted by molar-refractivity contribution is -0.120. The third kappa shape index (κ3) is 2.81. The number of hydrogen-bond donors (Lipinski definition) is 1. The van der Waals surface area contributed by atoms with E-state index in [0.29, 0.717) is 13.1 Å². The first-order chi connectivity index (χ1) is 11.8. The molecule has 4 heterocycles. The normalized spacial score (nSPS) is 14.2. The highest BCUT2D eigenvalue weighted by molar-refractivity contribution is 5.94. The molecule has 3 aromatic heterocycles. The molecule has 8 nitrogen and oxygen atoms in total. The summed E-state index contributed by atoms with van der Waals surface area (Å²) >= 11 is 0. The molecule has 0 spiro atoms. The number of carbonyl (C=O) groups is 1. The molecule has 0 unspecified atom stereocenters. The molecule has 0 saturated carbocycles. The predicted octanol–water partition coefficient (Wildman–Crippen LogP) is 1.13. The molecule has 120 valence electrons. The van der Waals surface area contributed by atoms with Crippen LogP contribution in [0.25, 0.3) is 5.82 Å². The van der Waals surface area contributed by atoms with Crippen molar-refractivity contribution >= 4 is 17.4 Å². The van der Waals surface area contributed by atoms with Crippen LogP contribution < -0.4 is 10.2 Å². The van der Waals surface area contributed by atoms with Crippen LogP contribution in [0.4, 0.5) is 11.5 Å². The average molecular weight is 321 g/mol. The maximum absolute atomic E-state index is 12.2. The van der Waals surface area contributed by atoms with Gasteiger partial charge in [-0.15, -0.1) is 0 Å². The number of hydrogen-bond acceptors (Lipinski definition) is 6. The van der Waals surface area contributed by atoms with E-state index >= 15 is 0 Å². The number of carbonyl (C=O) groups excluding carboxylic acids is 1. The largest absolute Gasteiger partial charge is 0.355 e. The highest BCUT2D eigenvalue weighted by atomic mass is 16.2. The molecule has 1 aliphatic rings. The summed E-state index contributed by atoms with van der Waals surface area (Å²) in [7, 11) is 0. The van der Waals surface area contributed by atoms with Crippen molar-refractivity contribution in [1.82, 2.24) is 24.5 Å². The summed E-state index contributed by atoms with van der Waals surface area (Å²) in [4.78, 5) is 30.7. The maximum Gasteiger partial charge on any atom is 0.231 e. The van der Waals surface area contributed by atoms with Gasteiger partial charge < -0.3 is 10.2 Å². The standard InChI is InChI=1S/C16H15N7O/c24-16(21-13-1-3-17-4-2-13)12-8-23(9-12)15-7-14(19-10-20-15)22-6-5-18-11-22/h1-7,10-12H,8-9H2,(H,17,21,24). The Morgan fingerprint density at radius 1 is 1.08 bits per heavy atom. The molecule has 0 aromatic carbocycles. The van der Waals surface area contributed by atoms with Gasteiger partial charge in [0.15, 0.2) is 0 Å². The Morgan fingerprint density at radius 3 is 2.62 bits per heavy atom. The maximum atomic E-state index is 12.2. The highest BCUT2D eigenvalue weighted by Crippen LogP contribution is 2.24. The minimum atomic E-state index is -0.0511. The lowest BCUT2D eigenvalue weighted by Gasteiger charge is -2.39. The van der Waals surface area contributed by atoms with Crippen LogP contribution in [0.15, 0.2) is 55.6 Å². The molecule has 3 aromatic rings. The number of rotatable bonds is 4. The fourth-order valence-corrected chi connectivity index (χ4v) is 2.56. The molecule has 4 rings (SSSR count). The second kappa shape index (κ2) is 6.07. The first-order valence-corrected chi connectivity index (χ1v) is 7.56. The van der Waals surface area contributed by atoms with Gasteiger partial charge in [0.05, 0.1) is 5.92 Å². The zero-order chi connectivity index (χ0) is 16.4. The van der Waals surface area contributed by atoms with Crippen molar-refractivity contribution in [1.29, 1.82) is 0 Å². The zero-order valence-corrected chi connectivity index (χ0v) is 12.8. The van der Waals surface area contributed by atoms with Gasteiger partial charge in [0, 0.05) is 49.6 Å². The predicted molar refractivity (Wildman–Crippen MR) is 87.7 cm³/mol. The number of imidazole rings is 1. The number of anilines is 2. The van der Waals surface area contributed by atoms with E-state index in [1.54, 1.807) is 37.1 Å². The zero-order valence-electron chi connectivity index (χ0n) is 12.8. The number of amides is 1. The average Bonchev–Trinajstić information content (AvgIpc) is 3.09. The van der Waals surface area contributed by atoms with Crippen LogP contribution in [0.3, 0.4) is 0 Å². The van der Waals surface area contributed by atoms with Gasteiger partial charge in [0.25, 0.3) is 0 Å². The molecule has 0 bridgehead atoms. The Kier molecular flexibility index (Phi) is 3.62. The fraction of sp³-hybridized carbons (Fsp3) is 0.188. The Labute approximate surface area is 138 Å². The van der Waals surface area contributed by atoms with Gasteiger partial charge in [0.2, 0.25) is 5.91 Å². The third-order valence-electron chi connectivity index (χ3n) is 3.93. The van der Waals surface area contributed by atoms with E-state index in [0.717, 1.165) is 17.3 Å². The van der Waals surface area contributed by atoms with Gasteiger partial charge in [-0.3, -0.25) is 14.3 Å². The van der Waals surface area contributed by atoms with Crippen molar-refractivity contribution in [3.05, 3.63) is 55.6 Å². The fourth-order valence-electron chi connectivity index (χ4n) is 2.56. The quantitative estimate of drug-likeness (QED) is 0.775. The monoisotopic (exact) mass is 321 g/mol. The SMILES string of the molecule is O=C(Nc1ccncc1)C1CN(c2cc(-n3ccnc3)ncn2)C1. The second-order valence-corrected chi connectivity index (χ2v) is 5.53. The molecule has 0 aliphatic carbocycles. The lowest BCUT2D eigenvalue weighted by atomic mass is 9.99. The Bertz CT molecular complexity index is 829. The van der Waals surface area contributed by atoms with Gasteiger partial charge in [-0.05, 0) is 12.1 Å². The molecule has 1 fully saturated rings. The lowest BCUT2D eigenvalue weighted by Crippen LogP contribution is -2.52. The summed E-state index contributed by atoms with van der Waals surface area (Å²) < 4.78 is 1.82. The van der Waals surface area contributed by atoms with Crippen LogP contribution in [0, 0.1) is 5.92 Å². The summed E-state index contributed by atoms with van der Waals surface area (Å²) in [5, 5.41) is 2.90. The molecule has 1 saturated heterocycles. The van der Waals surface area contributed by atoms with Gasteiger partial charge in [-0.1, -0.05) is 0 Å². The summed E-state index contributed by atoms with van der Waals surface area (Å²) in [6, 6.07) is 5.44. The van der Waals surface area contributed by atoms with Crippen molar-refractivity contribution in [2.75, 3.05) is 23.3 Å². The van der Waals surface area contributed by atoms with Crippen LogP contribution in [0.1, 0.15) is 0 Å². The van der Waals surface area contributed by atoms with Crippen LogP contribution in [-0.4, -0.2) is 43.5 Å². The molecule has 8 heteroatoms. The van der Waals surface area contributed by atoms with E-state index in [1.807, 2.05) is 16.8 Å². The molecule has 24 heavy (non-hydrogen) atoms. The van der Waals surface area contributed by atoms with Crippen molar-refractivity contribution < 1.29 is 4.79 Å². The molecule has 0 atom stereocenters. The van der Waals surface area contributed by atoms with Crippen LogP contribution in [0.5, 0.6) is 0 Å². The topological polar surface area (TPSA) is 88.8 Å². The van der Waals surface area contributed by atoms with Gasteiger partial charge in [0.1, 0.15) is 24.3 Å². The minimum absolute atomic E-state index is 0.0151. The van der Waals surface area contributed by atoms with E-state index in [1.165, 1.54) is 6.33 Å². The summed E-state index contributed by atoms with van der Waals surface area (Å²) in [6.45, 7) is 1.27. The van der Waals surface area contributed by atoms with E-state index in [4.69, 9.17) is 0 Å². The second-order valence-electron chi connectivity index (χ2n) is 5.53. The van der Waals surface area contributed by atoms with Gasteiger partial charge >= 0.3 is 0 Å². The summed E-state index contributed by atoms with van der Waals surface area (Å²) in [5.74, 6) is 1.52. The van der Waals surface area contributed by atoms with Crippen LogP contribution >= 0.6 is 0 Å². The minimum Gasteiger partial charge on any atom is -0.355 e. The third-order valence-corrected chi connectivity index (χ3v) is 3.93. The Hall–Kier alpha value is -3.29. The molecule has 1 amide bonds. The summed E-state index contributed by atoms with van der Waals surface area (Å²) in [5.41, 5.74) is 0.762. The van der Waals surface area contributed by atoms with Gasteiger partial charge in [-0.25, -0.2) is 15.0 Å². The molecule has 0 radical (unpaired) electrons. The van der Waals surface area contributed by atoms with E-state index < -0.39 is 0 Å². The first kappa shape index (κ1) is 14.3. The summed E-state index contributed by atoms with van der Waals surface area (Å²) in [6.07, 6.45) is 10.0. The van der Waals surface area contributed by atoms with Crippen molar-refractivity contribution in [2.24, 2.45) is 5.92 Å². The van der Waals surface area contributed by atoms with E-state index in [9.17, 15) is 4.79 Å². The highest BCUT2D eigenvalue weighted by Gasteiger charge is 2.33. The van der Waals surface area contributed by atoms with Gasteiger partial charge in [-0.2, -0.15) is 0 Å². The van der Waals surface area contributed by atoms with Crippen molar-refractivity contribution in [3.8, 4) is 5.82 Å². The Balaban J connectivity index is 1.39. The van der Waals surface area contributed by atoms with E-state index in [2.05, 4.69) is 30.2 Å². The van der Waals surface area contributed by atoms with Crippen molar-refractivity contribution in [3.63, 3.8) is 0 Å². The number of nitrogens with one attached hydrogen (secondary N) is 1. The number of pyridine rings is 1. The number of nitrogens with zero attached hydrogens (tertiary/aromatic N) is 6. The first-order valence-electron chi connectivity index (χ1n) is 7.56. The van der Waals surface area contributed by atoms with Crippen LogP contribution in [0.2, 0.25) is 0 Å². The van der Waals surface area contributed by atoms with Crippen LogP contribution in [-0.2, 0) is 4.79 Å². The Morgan fingerprint density at radius 2 is 1.88 bits per heavy atom. The smallest absolute Gasteiger partial charge is 0.231 e. The van der Waals surface area contributed by atoms with E-state index in [-0.39, 0.29) is 11.8 Å².